The van der Waals surface area contributed by atoms with E-state index < -0.39 is 18.5 Å². The van der Waals surface area contributed by atoms with Gasteiger partial charge in [0.1, 0.15) is 0 Å². The first-order valence-corrected chi connectivity index (χ1v) is 8.79. The minimum absolute atomic E-state index is 0.140. The molecule has 0 bridgehead atoms. The first kappa shape index (κ1) is 20.8. The number of hydrogen-bond acceptors (Lipinski definition) is 6. The van der Waals surface area contributed by atoms with Gasteiger partial charge in [0.2, 0.25) is 0 Å². The highest BCUT2D eigenvalue weighted by molar-refractivity contribution is 6.36. The van der Waals surface area contributed by atoms with E-state index in [0.717, 1.165) is 0 Å². The molecule has 1 heterocycles. The van der Waals surface area contributed by atoms with E-state index >= 15 is 0 Å². The van der Waals surface area contributed by atoms with Gasteiger partial charge in [0, 0.05) is 0 Å². The summed E-state index contributed by atoms with van der Waals surface area (Å²) in [5, 5.41) is 3.02. The molecule has 0 saturated carbocycles. The molecular weight excluding hydrogens is 395 g/mol. The largest absolute Gasteiger partial charge is 0.490 e. The third kappa shape index (κ3) is 6.30. The lowest BCUT2D eigenvalue weighted by Gasteiger charge is -2.11. The van der Waals surface area contributed by atoms with Crippen LogP contribution in [0.1, 0.15) is 12.6 Å². The van der Waals surface area contributed by atoms with E-state index in [-0.39, 0.29) is 17.4 Å². The van der Waals surface area contributed by atoms with Crippen molar-refractivity contribution in [1.29, 1.82) is 0 Å². The number of aromatic nitrogens is 1. The van der Waals surface area contributed by atoms with Crippen LogP contribution in [0.2, 0.25) is 10.0 Å². The molecule has 9 heteroatoms. The Kier molecular flexibility index (Phi) is 7.69. The van der Waals surface area contributed by atoms with Crippen molar-refractivity contribution in [2.24, 2.45) is 0 Å². The van der Waals surface area contributed by atoms with Gasteiger partial charge in [0.25, 0.3) is 5.91 Å². The van der Waals surface area contributed by atoms with Crippen LogP contribution in [-0.4, -0.2) is 36.7 Å². The van der Waals surface area contributed by atoms with E-state index in [0.29, 0.717) is 28.8 Å². The summed E-state index contributed by atoms with van der Waals surface area (Å²) in [7, 11) is 0. The number of carbonyl (C=O) groups excluding carboxylic acids is 2. The minimum atomic E-state index is -0.706. The zero-order valence-electron chi connectivity index (χ0n) is 14.8. The van der Waals surface area contributed by atoms with E-state index in [9.17, 15) is 9.59 Å². The Morgan fingerprint density at radius 2 is 1.74 bits per heavy atom. The molecule has 0 spiro atoms. The zero-order chi connectivity index (χ0) is 19.8. The van der Waals surface area contributed by atoms with E-state index in [2.05, 4.69) is 10.3 Å². The van der Waals surface area contributed by atoms with Crippen molar-refractivity contribution in [1.82, 2.24) is 4.98 Å². The number of esters is 1. The number of anilines is 1. The van der Waals surface area contributed by atoms with Crippen LogP contribution in [0.25, 0.3) is 0 Å². The second-order valence-electron chi connectivity index (χ2n) is 5.26. The lowest BCUT2D eigenvalue weighted by atomic mass is 10.3. The number of rotatable bonds is 8. The number of ether oxygens (including phenoxy) is 3. The standard InChI is InChI=1S/C18H18Cl2N2O5/c1-3-25-14-6-4-5-7-15(14)26-10-17(24)27-9-16(23)22-18-13(20)8-12(19)11(2)21-18/h4-8H,3,9-10H2,1-2H3,(H,21,22,23). The fraction of sp³-hybridized carbons (Fsp3) is 0.278. The van der Waals surface area contributed by atoms with Crippen LogP contribution in [0, 0.1) is 6.92 Å². The fourth-order valence-corrected chi connectivity index (χ4v) is 2.39. The molecule has 27 heavy (non-hydrogen) atoms. The minimum Gasteiger partial charge on any atom is -0.490 e. The van der Waals surface area contributed by atoms with Crippen LogP contribution in [0.3, 0.4) is 0 Å². The lowest BCUT2D eigenvalue weighted by Crippen LogP contribution is -2.24. The number of halogens is 2. The van der Waals surface area contributed by atoms with Crippen molar-refractivity contribution in [3.63, 3.8) is 0 Å². The van der Waals surface area contributed by atoms with Crippen LogP contribution in [0.5, 0.6) is 11.5 Å². The molecule has 0 aliphatic rings. The van der Waals surface area contributed by atoms with Crippen molar-refractivity contribution in [3.05, 3.63) is 46.1 Å². The molecule has 1 aromatic heterocycles. The van der Waals surface area contributed by atoms with Crippen molar-refractivity contribution < 1.29 is 23.8 Å². The van der Waals surface area contributed by atoms with E-state index in [1.807, 2.05) is 6.92 Å². The van der Waals surface area contributed by atoms with Crippen molar-refractivity contribution in [2.45, 2.75) is 13.8 Å². The normalized spacial score (nSPS) is 10.2. The Labute approximate surface area is 166 Å². The van der Waals surface area contributed by atoms with Gasteiger partial charge < -0.3 is 19.5 Å². The topological polar surface area (TPSA) is 86.8 Å². The first-order chi connectivity index (χ1) is 12.9. The molecule has 2 aromatic rings. The number of aryl methyl sites for hydroxylation is 1. The number of pyridine rings is 1. The summed E-state index contributed by atoms with van der Waals surface area (Å²) in [5.74, 6) is -0.226. The quantitative estimate of drug-likeness (QED) is 0.665. The molecule has 1 aromatic carbocycles. The van der Waals surface area contributed by atoms with Crippen molar-refractivity contribution >= 4 is 40.9 Å². The van der Waals surface area contributed by atoms with Crippen molar-refractivity contribution in [2.75, 3.05) is 25.1 Å². The number of nitrogens with one attached hydrogen (secondary N) is 1. The number of amides is 1. The summed E-state index contributed by atoms with van der Waals surface area (Å²) in [6.07, 6.45) is 0. The Morgan fingerprint density at radius 3 is 2.41 bits per heavy atom. The maximum Gasteiger partial charge on any atom is 0.344 e. The molecule has 144 valence electrons. The van der Waals surface area contributed by atoms with Crippen LogP contribution in [0.4, 0.5) is 5.82 Å². The van der Waals surface area contributed by atoms with Gasteiger partial charge in [-0.05, 0) is 32.0 Å². The predicted molar refractivity (Wildman–Crippen MR) is 102 cm³/mol. The molecule has 0 fully saturated rings. The molecule has 1 amide bonds. The van der Waals surface area contributed by atoms with Crippen LogP contribution in [0.15, 0.2) is 30.3 Å². The molecule has 0 saturated heterocycles. The average molecular weight is 413 g/mol. The van der Waals surface area contributed by atoms with Gasteiger partial charge >= 0.3 is 5.97 Å². The predicted octanol–water partition coefficient (Wildman–Crippen LogP) is 3.66. The molecule has 7 nitrogen and oxygen atoms in total. The smallest absolute Gasteiger partial charge is 0.344 e. The molecule has 0 atom stereocenters. The first-order valence-electron chi connectivity index (χ1n) is 8.03. The fourth-order valence-electron chi connectivity index (χ4n) is 1.98. The Hall–Kier alpha value is -2.51. The van der Waals surface area contributed by atoms with Gasteiger partial charge in [-0.1, -0.05) is 35.3 Å². The zero-order valence-corrected chi connectivity index (χ0v) is 16.3. The van der Waals surface area contributed by atoms with Crippen LogP contribution >= 0.6 is 23.2 Å². The Morgan fingerprint density at radius 1 is 1.07 bits per heavy atom. The van der Waals surface area contributed by atoms with Crippen molar-refractivity contribution in [3.8, 4) is 11.5 Å². The number of para-hydroxylation sites is 2. The lowest BCUT2D eigenvalue weighted by molar-refractivity contribution is -0.149. The third-order valence-electron chi connectivity index (χ3n) is 3.22. The molecule has 2 rings (SSSR count). The SMILES string of the molecule is CCOc1ccccc1OCC(=O)OCC(=O)Nc1nc(C)c(Cl)cc1Cl. The molecule has 1 N–H and O–H groups in total. The molecule has 0 radical (unpaired) electrons. The summed E-state index contributed by atoms with van der Waals surface area (Å²) < 4.78 is 15.6. The Balaban J connectivity index is 1.82. The number of nitrogens with zero attached hydrogens (tertiary/aromatic N) is 1. The van der Waals surface area contributed by atoms with E-state index in [1.165, 1.54) is 6.07 Å². The van der Waals surface area contributed by atoms with E-state index in [4.69, 9.17) is 37.4 Å². The third-order valence-corrected chi connectivity index (χ3v) is 3.89. The van der Waals surface area contributed by atoms with E-state index in [1.54, 1.807) is 31.2 Å². The van der Waals surface area contributed by atoms with Gasteiger partial charge in [-0.25, -0.2) is 9.78 Å². The maximum atomic E-state index is 11.9. The maximum absolute atomic E-state index is 11.9. The van der Waals surface area contributed by atoms with Gasteiger partial charge in [0.05, 0.1) is 22.3 Å². The second-order valence-corrected chi connectivity index (χ2v) is 6.08. The highest BCUT2D eigenvalue weighted by Gasteiger charge is 2.13. The number of benzene rings is 1. The summed E-state index contributed by atoms with van der Waals surface area (Å²) in [5.41, 5.74) is 0.509. The summed E-state index contributed by atoms with van der Waals surface area (Å²) in [6, 6.07) is 8.40. The Bertz CT molecular complexity index is 829. The number of hydrogen-bond donors (Lipinski definition) is 1. The summed E-state index contributed by atoms with van der Waals surface area (Å²) in [6.45, 7) is 3.11. The summed E-state index contributed by atoms with van der Waals surface area (Å²) in [4.78, 5) is 27.7. The van der Waals surface area contributed by atoms with Gasteiger partial charge in [-0.2, -0.15) is 0 Å². The van der Waals surface area contributed by atoms with Gasteiger partial charge in [0.15, 0.2) is 30.5 Å². The monoisotopic (exact) mass is 412 g/mol. The second kappa shape index (κ2) is 9.99. The van der Waals surface area contributed by atoms with Gasteiger partial charge in [-0.15, -0.1) is 0 Å². The summed E-state index contributed by atoms with van der Waals surface area (Å²) >= 11 is 11.9. The molecular formula is C18H18Cl2N2O5. The highest BCUT2D eigenvalue weighted by atomic mass is 35.5. The van der Waals surface area contributed by atoms with Crippen LogP contribution in [-0.2, 0) is 14.3 Å². The molecule has 0 aliphatic heterocycles. The average Bonchev–Trinajstić information content (AvgIpc) is 2.64. The molecule has 0 unspecified atom stereocenters. The number of carbonyl (C=O) groups is 2. The van der Waals surface area contributed by atoms with Crippen LogP contribution < -0.4 is 14.8 Å². The molecule has 0 aliphatic carbocycles. The highest BCUT2D eigenvalue weighted by Crippen LogP contribution is 2.26. The van der Waals surface area contributed by atoms with Gasteiger partial charge in [-0.3, -0.25) is 4.79 Å².